The third-order valence-electron chi connectivity index (χ3n) is 5.05. The van der Waals surface area contributed by atoms with Crippen LogP contribution in [0.15, 0.2) is 24.3 Å². The minimum Gasteiger partial charge on any atom is -0.347 e. The van der Waals surface area contributed by atoms with E-state index in [-0.39, 0.29) is 11.4 Å². The van der Waals surface area contributed by atoms with Crippen molar-refractivity contribution in [2.24, 2.45) is 0 Å². The maximum atomic E-state index is 11.4. The number of carbonyl (C=O) groups excluding carboxylic acids is 1. The van der Waals surface area contributed by atoms with E-state index in [9.17, 15) is 4.79 Å². The number of rotatable bonds is 4. The molecule has 2 unspecified atom stereocenters. The maximum absolute atomic E-state index is 11.4. The van der Waals surface area contributed by atoms with Crippen molar-refractivity contribution in [3.05, 3.63) is 35.4 Å². The fourth-order valence-electron chi connectivity index (χ4n) is 3.57. The van der Waals surface area contributed by atoms with Crippen LogP contribution in [0, 0.1) is 0 Å². The number of hydrogen-bond donors (Lipinski definition) is 2. The SMILES string of the molecule is CC(=O)NC1(c2ccc(CN3C(C)CNCC3C)cc2)CC1. The summed E-state index contributed by atoms with van der Waals surface area (Å²) < 4.78 is 0. The molecule has 0 radical (unpaired) electrons. The average molecular weight is 301 g/mol. The Bertz CT molecular complexity index is 526. The Labute approximate surface area is 133 Å². The van der Waals surface area contributed by atoms with Crippen molar-refractivity contribution in [2.45, 2.75) is 57.8 Å². The summed E-state index contributed by atoms with van der Waals surface area (Å²) in [5.41, 5.74) is 2.51. The van der Waals surface area contributed by atoms with Gasteiger partial charge in [-0.25, -0.2) is 0 Å². The van der Waals surface area contributed by atoms with Gasteiger partial charge in [0.05, 0.1) is 5.54 Å². The molecule has 1 saturated heterocycles. The van der Waals surface area contributed by atoms with Crippen LogP contribution < -0.4 is 10.6 Å². The zero-order valence-corrected chi connectivity index (χ0v) is 13.9. The Morgan fingerprint density at radius 1 is 1.23 bits per heavy atom. The van der Waals surface area contributed by atoms with E-state index in [0.717, 1.165) is 32.5 Å². The van der Waals surface area contributed by atoms with Crippen LogP contribution >= 0.6 is 0 Å². The van der Waals surface area contributed by atoms with Crippen molar-refractivity contribution < 1.29 is 4.79 Å². The molecular weight excluding hydrogens is 274 g/mol. The van der Waals surface area contributed by atoms with Crippen LogP contribution in [0.2, 0.25) is 0 Å². The van der Waals surface area contributed by atoms with Crippen molar-refractivity contribution in [3.63, 3.8) is 0 Å². The molecule has 22 heavy (non-hydrogen) atoms. The molecule has 1 aromatic carbocycles. The van der Waals surface area contributed by atoms with Crippen molar-refractivity contribution >= 4 is 5.91 Å². The fraction of sp³-hybridized carbons (Fsp3) is 0.611. The van der Waals surface area contributed by atoms with Crippen LogP contribution in [-0.4, -0.2) is 36.0 Å². The lowest BCUT2D eigenvalue weighted by Gasteiger charge is -2.39. The largest absolute Gasteiger partial charge is 0.347 e. The second-order valence-corrected chi connectivity index (χ2v) is 6.99. The summed E-state index contributed by atoms with van der Waals surface area (Å²) in [6, 6.07) is 9.96. The standard InChI is InChI=1S/C18H27N3O/c1-13-10-19-11-14(2)21(13)12-16-4-6-17(7-5-16)18(8-9-18)20-15(3)22/h4-7,13-14,19H,8-12H2,1-3H3,(H,20,22). The van der Waals surface area contributed by atoms with Gasteiger partial charge >= 0.3 is 0 Å². The van der Waals surface area contributed by atoms with Gasteiger partial charge in [-0.05, 0) is 37.8 Å². The molecule has 120 valence electrons. The smallest absolute Gasteiger partial charge is 0.217 e. The van der Waals surface area contributed by atoms with Gasteiger partial charge in [-0.2, -0.15) is 0 Å². The summed E-state index contributed by atoms with van der Waals surface area (Å²) in [6.45, 7) is 9.29. The van der Waals surface area contributed by atoms with Crippen molar-refractivity contribution in [1.82, 2.24) is 15.5 Å². The van der Waals surface area contributed by atoms with E-state index in [2.05, 4.69) is 53.6 Å². The molecular formula is C18H27N3O. The van der Waals surface area contributed by atoms with Gasteiger partial charge in [0.15, 0.2) is 0 Å². The molecule has 1 aromatic rings. The van der Waals surface area contributed by atoms with Crippen LogP contribution in [0.4, 0.5) is 0 Å². The molecule has 2 N–H and O–H groups in total. The molecule has 1 saturated carbocycles. The van der Waals surface area contributed by atoms with Gasteiger partial charge in [0, 0.05) is 38.6 Å². The van der Waals surface area contributed by atoms with Crippen molar-refractivity contribution in [1.29, 1.82) is 0 Å². The van der Waals surface area contributed by atoms with E-state index in [1.807, 2.05) is 0 Å². The van der Waals surface area contributed by atoms with E-state index < -0.39 is 0 Å². The van der Waals surface area contributed by atoms with Gasteiger partial charge in [-0.15, -0.1) is 0 Å². The summed E-state index contributed by atoms with van der Waals surface area (Å²) in [5.74, 6) is 0.0602. The molecule has 2 aliphatic rings. The second-order valence-electron chi connectivity index (χ2n) is 6.99. The molecule has 0 bridgehead atoms. The molecule has 1 amide bonds. The molecule has 4 nitrogen and oxygen atoms in total. The summed E-state index contributed by atoms with van der Waals surface area (Å²) in [4.78, 5) is 13.9. The maximum Gasteiger partial charge on any atom is 0.217 e. The minimum atomic E-state index is -0.0833. The first-order chi connectivity index (χ1) is 10.5. The Morgan fingerprint density at radius 2 is 1.82 bits per heavy atom. The highest BCUT2D eigenvalue weighted by Gasteiger charge is 2.44. The van der Waals surface area contributed by atoms with Crippen LogP contribution in [-0.2, 0) is 16.9 Å². The van der Waals surface area contributed by atoms with Crippen molar-refractivity contribution in [3.8, 4) is 0 Å². The molecule has 0 aromatic heterocycles. The lowest BCUT2D eigenvalue weighted by molar-refractivity contribution is -0.120. The number of amides is 1. The van der Waals surface area contributed by atoms with Gasteiger partial charge in [0.25, 0.3) is 0 Å². The lowest BCUT2D eigenvalue weighted by atomic mass is 10.0. The Kier molecular flexibility index (Phi) is 4.24. The van der Waals surface area contributed by atoms with Gasteiger partial charge in [-0.3, -0.25) is 9.69 Å². The number of nitrogens with one attached hydrogen (secondary N) is 2. The molecule has 1 aliphatic heterocycles. The zero-order chi connectivity index (χ0) is 15.7. The monoisotopic (exact) mass is 301 g/mol. The number of nitrogens with zero attached hydrogens (tertiary/aromatic N) is 1. The first kappa shape index (κ1) is 15.5. The minimum absolute atomic E-state index is 0.0602. The molecule has 0 spiro atoms. The second kappa shape index (κ2) is 6.01. The lowest BCUT2D eigenvalue weighted by Crippen LogP contribution is -2.54. The highest BCUT2D eigenvalue weighted by molar-refractivity contribution is 5.74. The average Bonchev–Trinajstić information content (AvgIpc) is 3.24. The number of carbonyl (C=O) groups is 1. The number of benzene rings is 1. The third-order valence-corrected chi connectivity index (χ3v) is 5.05. The highest BCUT2D eigenvalue weighted by atomic mass is 16.1. The van der Waals surface area contributed by atoms with Gasteiger partial charge in [-0.1, -0.05) is 24.3 Å². The Balaban J connectivity index is 1.68. The van der Waals surface area contributed by atoms with E-state index in [1.165, 1.54) is 11.1 Å². The topological polar surface area (TPSA) is 44.4 Å². The fourth-order valence-corrected chi connectivity index (χ4v) is 3.57. The van der Waals surface area contributed by atoms with Crippen LogP contribution in [0.25, 0.3) is 0 Å². The Hall–Kier alpha value is -1.39. The van der Waals surface area contributed by atoms with Gasteiger partial charge in [0.2, 0.25) is 5.91 Å². The third kappa shape index (κ3) is 3.18. The molecule has 3 rings (SSSR count). The quantitative estimate of drug-likeness (QED) is 0.894. The number of hydrogen-bond acceptors (Lipinski definition) is 3. The first-order valence-corrected chi connectivity index (χ1v) is 8.35. The molecule has 1 aliphatic carbocycles. The van der Waals surface area contributed by atoms with Crippen LogP contribution in [0.5, 0.6) is 0 Å². The van der Waals surface area contributed by atoms with Crippen LogP contribution in [0.1, 0.15) is 44.7 Å². The summed E-state index contributed by atoms with van der Waals surface area (Å²) >= 11 is 0. The molecule has 1 heterocycles. The van der Waals surface area contributed by atoms with E-state index in [4.69, 9.17) is 0 Å². The highest BCUT2D eigenvalue weighted by Crippen LogP contribution is 2.45. The summed E-state index contributed by atoms with van der Waals surface area (Å²) in [6.07, 6.45) is 2.11. The summed E-state index contributed by atoms with van der Waals surface area (Å²) in [7, 11) is 0. The molecule has 2 fully saturated rings. The predicted molar refractivity (Wildman–Crippen MR) is 88.5 cm³/mol. The number of piperazine rings is 1. The van der Waals surface area contributed by atoms with E-state index in [0.29, 0.717) is 12.1 Å². The Morgan fingerprint density at radius 3 is 2.32 bits per heavy atom. The normalized spacial score (nSPS) is 27.4. The van der Waals surface area contributed by atoms with Crippen molar-refractivity contribution in [2.75, 3.05) is 13.1 Å². The summed E-state index contributed by atoms with van der Waals surface area (Å²) in [5, 5.41) is 6.58. The predicted octanol–water partition coefficient (Wildman–Crippen LogP) is 1.99. The van der Waals surface area contributed by atoms with Crippen LogP contribution in [0.3, 0.4) is 0 Å². The first-order valence-electron chi connectivity index (χ1n) is 8.35. The zero-order valence-electron chi connectivity index (χ0n) is 13.9. The van der Waals surface area contributed by atoms with E-state index in [1.54, 1.807) is 6.92 Å². The molecule has 4 heteroatoms. The van der Waals surface area contributed by atoms with Gasteiger partial charge in [0.1, 0.15) is 0 Å². The molecule has 2 atom stereocenters. The van der Waals surface area contributed by atoms with E-state index >= 15 is 0 Å². The van der Waals surface area contributed by atoms with Gasteiger partial charge < -0.3 is 10.6 Å².